The van der Waals surface area contributed by atoms with Crippen LogP contribution >= 0.6 is 0 Å². The van der Waals surface area contributed by atoms with E-state index in [-0.39, 0.29) is 6.03 Å². The van der Waals surface area contributed by atoms with E-state index < -0.39 is 0 Å². The Balaban J connectivity index is 1.41. The highest BCUT2D eigenvalue weighted by Gasteiger charge is 2.28. The molecule has 4 rings (SSSR count). The van der Waals surface area contributed by atoms with Crippen molar-refractivity contribution in [3.05, 3.63) is 60.0 Å². The summed E-state index contributed by atoms with van der Waals surface area (Å²) in [7, 11) is 0. The summed E-state index contributed by atoms with van der Waals surface area (Å²) in [4.78, 5) is 16.5. The van der Waals surface area contributed by atoms with Crippen molar-refractivity contribution in [1.29, 1.82) is 0 Å². The molecule has 0 radical (unpaired) electrons. The van der Waals surface area contributed by atoms with Crippen LogP contribution in [0.4, 0.5) is 10.5 Å². The minimum atomic E-state index is -0.237. The third kappa shape index (κ3) is 3.18. The van der Waals surface area contributed by atoms with Gasteiger partial charge in [-0.3, -0.25) is 0 Å². The van der Waals surface area contributed by atoms with Crippen molar-refractivity contribution in [1.82, 2.24) is 10.3 Å². The molecule has 116 valence electrons. The summed E-state index contributed by atoms with van der Waals surface area (Å²) in [5.41, 5.74) is 3.32. The second kappa shape index (κ2) is 5.76. The van der Waals surface area contributed by atoms with Crippen molar-refractivity contribution < 1.29 is 9.21 Å². The molecule has 1 aromatic heterocycles. The number of urea groups is 1. The van der Waals surface area contributed by atoms with Crippen molar-refractivity contribution in [2.24, 2.45) is 0 Å². The van der Waals surface area contributed by atoms with E-state index in [1.165, 1.54) is 0 Å². The van der Waals surface area contributed by atoms with Gasteiger partial charge in [-0.15, -0.1) is 0 Å². The number of benzene rings is 2. The smallest absolute Gasteiger partial charge is 0.319 e. The Bertz CT molecular complexity index is 838. The zero-order valence-electron chi connectivity index (χ0n) is 12.6. The molecule has 0 aliphatic heterocycles. The predicted molar refractivity (Wildman–Crippen MR) is 88.3 cm³/mol. The van der Waals surface area contributed by atoms with Gasteiger partial charge in [-0.2, -0.15) is 0 Å². The van der Waals surface area contributed by atoms with Crippen molar-refractivity contribution in [2.45, 2.75) is 25.3 Å². The Kier molecular flexibility index (Phi) is 3.46. The highest BCUT2D eigenvalue weighted by Crippen LogP contribution is 2.40. The Hall–Kier alpha value is -2.82. The predicted octanol–water partition coefficient (Wildman–Crippen LogP) is 4.03. The van der Waals surface area contributed by atoms with Crippen LogP contribution in [0.2, 0.25) is 0 Å². The minimum Gasteiger partial charge on any atom is -0.440 e. The number of nitrogens with zero attached hydrogens (tertiary/aromatic N) is 1. The number of aromatic nitrogens is 1. The Morgan fingerprint density at radius 1 is 1.17 bits per heavy atom. The van der Waals surface area contributed by atoms with Crippen LogP contribution in [-0.2, 0) is 6.54 Å². The van der Waals surface area contributed by atoms with E-state index in [1.54, 1.807) is 0 Å². The van der Waals surface area contributed by atoms with Gasteiger partial charge in [0, 0.05) is 18.2 Å². The van der Waals surface area contributed by atoms with Gasteiger partial charge in [-0.05, 0) is 36.6 Å². The van der Waals surface area contributed by atoms with Gasteiger partial charge in [0.1, 0.15) is 5.52 Å². The van der Waals surface area contributed by atoms with E-state index >= 15 is 0 Å². The first-order valence-electron chi connectivity index (χ1n) is 7.77. The highest BCUT2D eigenvalue weighted by atomic mass is 16.3. The van der Waals surface area contributed by atoms with Crippen LogP contribution in [0, 0.1) is 0 Å². The number of hydrogen-bond acceptors (Lipinski definition) is 3. The SMILES string of the molecule is O=C(NCc1ccccc1)Nc1ccc2oc(C3CC3)nc2c1. The van der Waals surface area contributed by atoms with Crippen molar-refractivity contribution in [3.8, 4) is 0 Å². The van der Waals surface area contributed by atoms with Gasteiger partial charge in [0.05, 0.1) is 0 Å². The molecule has 0 saturated heterocycles. The summed E-state index contributed by atoms with van der Waals surface area (Å²) in [6.45, 7) is 0.491. The van der Waals surface area contributed by atoms with Crippen LogP contribution < -0.4 is 10.6 Å². The lowest BCUT2D eigenvalue weighted by atomic mass is 10.2. The van der Waals surface area contributed by atoms with E-state index in [9.17, 15) is 4.79 Å². The van der Waals surface area contributed by atoms with E-state index in [2.05, 4.69) is 15.6 Å². The number of hydrogen-bond donors (Lipinski definition) is 2. The fourth-order valence-corrected chi connectivity index (χ4v) is 2.48. The lowest BCUT2D eigenvalue weighted by Crippen LogP contribution is -2.28. The number of amides is 2. The molecule has 2 aromatic carbocycles. The average Bonchev–Trinajstić information content (AvgIpc) is 3.34. The van der Waals surface area contributed by atoms with Crippen LogP contribution in [0.3, 0.4) is 0 Å². The van der Waals surface area contributed by atoms with Crippen LogP contribution in [0.15, 0.2) is 52.9 Å². The van der Waals surface area contributed by atoms with Gasteiger partial charge in [-0.1, -0.05) is 30.3 Å². The molecule has 3 aromatic rings. The molecular formula is C18H17N3O2. The maximum Gasteiger partial charge on any atom is 0.319 e. The van der Waals surface area contributed by atoms with Gasteiger partial charge in [0.2, 0.25) is 0 Å². The molecule has 0 atom stereocenters. The standard InChI is InChI=1S/C18H17N3O2/c22-18(19-11-12-4-2-1-3-5-12)20-14-8-9-16-15(10-14)21-17(23-16)13-6-7-13/h1-5,8-10,13H,6-7,11H2,(H2,19,20,22). The maximum atomic E-state index is 12.0. The fourth-order valence-electron chi connectivity index (χ4n) is 2.48. The van der Waals surface area contributed by atoms with E-state index in [0.717, 1.165) is 35.4 Å². The lowest BCUT2D eigenvalue weighted by Gasteiger charge is -2.07. The third-order valence-electron chi connectivity index (χ3n) is 3.88. The number of rotatable bonds is 4. The van der Waals surface area contributed by atoms with Crippen LogP contribution in [-0.4, -0.2) is 11.0 Å². The zero-order chi connectivity index (χ0) is 15.6. The van der Waals surface area contributed by atoms with Crippen LogP contribution in [0.1, 0.15) is 30.2 Å². The molecule has 1 saturated carbocycles. The number of carbonyl (C=O) groups excluding carboxylic acids is 1. The van der Waals surface area contributed by atoms with Gasteiger partial charge >= 0.3 is 6.03 Å². The van der Waals surface area contributed by atoms with Crippen LogP contribution in [0.25, 0.3) is 11.1 Å². The molecule has 5 nitrogen and oxygen atoms in total. The van der Waals surface area contributed by atoms with Crippen molar-refractivity contribution in [2.75, 3.05) is 5.32 Å². The Labute approximate surface area is 133 Å². The molecule has 5 heteroatoms. The lowest BCUT2D eigenvalue weighted by molar-refractivity contribution is 0.251. The minimum absolute atomic E-state index is 0.237. The van der Waals surface area contributed by atoms with Crippen molar-refractivity contribution >= 4 is 22.8 Å². The third-order valence-corrected chi connectivity index (χ3v) is 3.88. The summed E-state index contributed by atoms with van der Waals surface area (Å²) in [5, 5.41) is 5.66. The van der Waals surface area contributed by atoms with Gasteiger partial charge in [-0.25, -0.2) is 9.78 Å². The highest BCUT2D eigenvalue weighted by molar-refractivity contribution is 5.91. The second-order valence-electron chi connectivity index (χ2n) is 5.80. The maximum absolute atomic E-state index is 12.0. The molecular weight excluding hydrogens is 290 g/mol. The van der Waals surface area contributed by atoms with Gasteiger partial charge < -0.3 is 15.1 Å². The zero-order valence-corrected chi connectivity index (χ0v) is 12.6. The molecule has 0 unspecified atom stereocenters. The Morgan fingerprint density at radius 3 is 2.78 bits per heavy atom. The van der Waals surface area contributed by atoms with E-state index in [4.69, 9.17) is 4.42 Å². The first kappa shape index (κ1) is 13.8. The summed E-state index contributed by atoms with van der Waals surface area (Å²) in [5.74, 6) is 1.29. The fraction of sp³-hybridized carbons (Fsp3) is 0.222. The molecule has 2 amide bonds. The topological polar surface area (TPSA) is 67.2 Å². The number of nitrogens with one attached hydrogen (secondary N) is 2. The number of fused-ring (bicyclic) bond motifs is 1. The summed E-state index contributed by atoms with van der Waals surface area (Å²) < 4.78 is 5.72. The molecule has 0 bridgehead atoms. The van der Waals surface area contributed by atoms with Crippen LogP contribution in [0.5, 0.6) is 0 Å². The molecule has 23 heavy (non-hydrogen) atoms. The quantitative estimate of drug-likeness (QED) is 0.764. The Morgan fingerprint density at radius 2 is 2.00 bits per heavy atom. The van der Waals surface area contributed by atoms with E-state index in [0.29, 0.717) is 18.2 Å². The second-order valence-corrected chi connectivity index (χ2v) is 5.80. The number of anilines is 1. The molecule has 2 N–H and O–H groups in total. The number of oxazole rings is 1. The molecule has 1 aliphatic rings. The molecule has 1 fully saturated rings. The van der Waals surface area contributed by atoms with Gasteiger partial charge in [0.25, 0.3) is 0 Å². The molecule has 0 spiro atoms. The van der Waals surface area contributed by atoms with E-state index in [1.807, 2.05) is 48.5 Å². The van der Waals surface area contributed by atoms with Gasteiger partial charge in [0.15, 0.2) is 11.5 Å². The molecule has 1 heterocycles. The largest absolute Gasteiger partial charge is 0.440 e. The normalized spacial score (nSPS) is 13.9. The summed E-state index contributed by atoms with van der Waals surface area (Å²) >= 11 is 0. The first-order chi connectivity index (χ1) is 11.3. The summed E-state index contributed by atoms with van der Waals surface area (Å²) in [6.07, 6.45) is 2.31. The monoisotopic (exact) mass is 307 g/mol. The molecule has 1 aliphatic carbocycles. The first-order valence-corrected chi connectivity index (χ1v) is 7.77. The summed E-state index contributed by atoms with van der Waals surface area (Å²) in [6, 6.07) is 15.1. The average molecular weight is 307 g/mol. The number of carbonyl (C=O) groups is 1. The van der Waals surface area contributed by atoms with Crippen molar-refractivity contribution in [3.63, 3.8) is 0 Å².